The Morgan fingerprint density at radius 2 is 2.29 bits per heavy atom. The van der Waals surface area contributed by atoms with E-state index in [0.717, 1.165) is 17.7 Å². The molecule has 5 heteroatoms. The van der Waals surface area contributed by atoms with E-state index in [1.165, 1.54) is 12.8 Å². The van der Waals surface area contributed by atoms with Crippen LogP contribution in [0.1, 0.15) is 19.3 Å². The van der Waals surface area contributed by atoms with E-state index >= 15 is 0 Å². The zero-order chi connectivity index (χ0) is 14.2. The quantitative estimate of drug-likeness (QED) is 0.885. The third kappa shape index (κ3) is 2.34. The van der Waals surface area contributed by atoms with Crippen LogP contribution in [0.25, 0.3) is 11.3 Å². The van der Waals surface area contributed by atoms with Crippen LogP contribution in [0.5, 0.6) is 0 Å². The predicted octanol–water partition coefficient (Wildman–Crippen LogP) is 2.00. The van der Waals surface area contributed by atoms with Gasteiger partial charge >= 0.3 is 6.03 Å². The molecule has 2 aromatic heterocycles. The summed E-state index contributed by atoms with van der Waals surface area (Å²) in [7, 11) is 0. The summed E-state index contributed by atoms with van der Waals surface area (Å²) in [5.41, 5.74) is 1.84. The molecule has 2 N–H and O–H groups in total. The fraction of sp³-hybridized carbons (Fsp3) is 0.375. The van der Waals surface area contributed by atoms with Crippen LogP contribution in [0.2, 0.25) is 0 Å². The van der Waals surface area contributed by atoms with Gasteiger partial charge in [-0.05, 0) is 37.5 Å². The van der Waals surface area contributed by atoms with Crippen LogP contribution < -0.4 is 10.6 Å². The molecule has 2 aliphatic heterocycles. The van der Waals surface area contributed by atoms with Gasteiger partial charge in [0.25, 0.3) is 0 Å². The minimum absolute atomic E-state index is 0.0588. The van der Waals surface area contributed by atoms with Crippen LogP contribution in [-0.2, 0) is 0 Å². The molecule has 3 atom stereocenters. The number of nitrogens with one attached hydrogen (secondary N) is 2. The van der Waals surface area contributed by atoms with E-state index < -0.39 is 0 Å². The number of hydrogen-bond donors (Lipinski definition) is 2. The lowest BCUT2D eigenvalue weighted by Gasteiger charge is -2.21. The highest BCUT2D eigenvalue weighted by atomic mass is 16.2. The molecular weight excluding hydrogens is 264 g/mol. The Labute approximate surface area is 123 Å². The van der Waals surface area contributed by atoms with Gasteiger partial charge in [0, 0.05) is 42.3 Å². The third-order valence-corrected chi connectivity index (χ3v) is 4.50. The van der Waals surface area contributed by atoms with Crippen LogP contribution >= 0.6 is 0 Å². The monoisotopic (exact) mass is 282 g/mol. The largest absolute Gasteiger partial charge is 0.333 e. The van der Waals surface area contributed by atoms with E-state index in [0.29, 0.717) is 12.1 Å². The zero-order valence-electron chi connectivity index (χ0n) is 11.7. The van der Waals surface area contributed by atoms with Crippen LogP contribution in [0.4, 0.5) is 4.79 Å². The first-order chi connectivity index (χ1) is 10.3. The molecule has 4 rings (SSSR count). The molecule has 21 heavy (non-hydrogen) atoms. The topological polar surface area (TPSA) is 59.0 Å². The average Bonchev–Trinajstić information content (AvgIpc) is 3.24. The van der Waals surface area contributed by atoms with Gasteiger partial charge in [-0.15, -0.1) is 0 Å². The molecule has 2 bridgehead atoms. The van der Waals surface area contributed by atoms with Gasteiger partial charge in [0.15, 0.2) is 0 Å². The molecule has 2 saturated heterocycles. The SMILES string of the molecule is O=C(NC1CC2CCC1N2)n1ccc(-c2ccccn2)c1. The summed E-state index contributed by atoms with van der Waals surface area (Å²) >= 11 is 0. The zero-order valence-corrected chi connectivity index (χ0v) is 11.7. The van der Waals surface area contributed by atoms with Crippen molar-refractivity contribution < 1.29 is 4.79 Å². The molecule has 5 nitrogen and oxygen atoms in total. The molecule has 0 radical (unpaired) electrons. The van der Waals surface area contributed by atoms with E-state index in [4.69, 9.17) is 0 Å². The lowest BCUT2D eigenvalue weighted by Crippen LogP contribution is -2.44. The van der Waals surface area contributed by atoms with Gasteiger partial charge in [-0.2, -0.15) is 0 Å². The lowest BCUT2D eigenvalue weighted by molar-refractivity contribution is 0.236. The summed E-state index contributed by atoms with van der Waals surface area (Å²) < 4.78 is 1.61. The molecule has 1 amide bonds. The summed E-state index contributed by atoms with van der Waals surface area (Å²) in [6, 6.07) is 8.93. The molecule has 0 saturated carbocycles. The highest BCUT2D eigenvalue weighted by Gasteiger charge is 2.39. The van der Waals surface area contributed by atoms with Gasteiger partial charge < -0.3 is 10.6 Å². The highest BCUT2D eigenvalue weighted by Crippen LogP contribution is 2.28. The highest BCUT2D eigenvalue weighted by molar-refractivity contribution is 5.79. The second-order valence-corrected chi connectivity index (χ2v) is 5.86. The molecule has 0 spiro atoms. The Morgan fingerprint density at radius 3 is 3.00 bits per heavy atom. The molecule has 4 heterocycles. The van der Waals surface area contributed by atoms with Crippen molar-refractivity contribution in [2.75, 3.05) is 0 Å². The first-order valence-corrected chi connectivity index (χ1v) is 7.46. The molecule has 2 aromatic rings. The van der Waals surface area contributed by atoms with Crippen molar-refractivity contribution in [1.82, 2.24) is 20.2 Å². The van der Waals surface area contributed by atoms with Crippen molar-refractivity contribution in [3.05, 3.63) is 42.9 Å². The first kappa shape index (κ1) is 12.6. The molecule has 0 aliphatic carbocycles. The summed E-state index contributed by atoms with van der Waals surface area (Å²) in [6.45, 7) is 0. The maximum atomic E-state index is 12.3. The Morgan fingerprint density at radius 1 is 1.33 bits per heavy atom. The van der Waals surface area contributed by atoms with E-state index in [1.807, 2.05) is 30.5 Å². The van der Waals surface area contributed by atoms with Crippen LogP contribution in [0.15, 0.2) is 42.9 Å². The fourth-order valence-electron chi connectivity index (χ4n) is 3.42. The van der Waals surface area contributed by atoms with Crippen LogP contribution in [-0.4, -0.2) is 33.7 Å². The van der Waals surface area contributed by atoms with Crippen molar-refractivity contribution in [2.24, 2.45) is 0 Å². The molecule has 108 valence electrons. The number of aromatic nitrogens is 2. The summed E-state index contributed by atoms with van der Waals surface area (Å²) in [5.74, 6) is 0. The van der Waals surface area contributed by atoms with Gasteiger partial charge in [-0.1, -0.05) is 6.07 Å². The Balaban J connectivity index is 1.47. The lowest BCUT2D eigenvalue weighted by atomic mass is 9.96. The van der Waals surface area contributed by atoms with Gasteiger partial charge in [0.05, 0.1) is 5.69 Å². The predicted molar refractivity (Wildman–Crippen MR) is 79.9 cm³/mol. The van der Waals surface area contributed by atoms with Crippen molar-refractivity contribution in [3.63, 3.8) is 0 Å². The summed E-state index contributed by atoms with van der Waals surface area (Å²) in [5, 5.41) is 6.66. The number of fused-ring (bicyclic) bond motifs is 2. The molecular formula is C16H18N4O. The number of nitrogens with zero attached hydrogens (tertiary/aromatic N) is 2. The number of carbonyl (C=O) groups excluding carboxylic acids is 1. The third-order valence-electron chi connectivity index (χ3n) is 4.50. The van der Waals surface area contributed by atoms with Crippen molar-refractivity contribution in [2.45, 2.75) is 37.4 Å². The molecule has 2 aliphatic rings. The standard InChI is InChI=1S/C16H18N4O/c21-16(19-15-9-12-4-5-14(15)18-12)20-8-6-11(10-20)13-3-1-2-7-17-13/h1-3,6-8,10,12,14-15,18H,4-5,9H2,(H,19,21). The van der Waals surface area contributed by atoms with Gasteiger partial charge in [0.2, 0.25) is 0 Å². The number of rotatable bonds is 2. The number of carbonyl (C=O) groups is 1. The first-order valence-electron chi connectivity index (χ1n) is 7.46. The normalized spacial score (nSPS) is 27.0. The Bertz CT molecular complexity index is 651. The van der Waals surface area contributed by atoms with Crippen LogP contribution in [0, 0.1) is 0 Å². The minimum Gasteiger partial charge on any atom is -0.333 e. The summed E-state index contributed by atoms with van der Waals surface area (Å²) in [6.07, 6.45) is 8.83. The minimum atomic E-state index is -0.0588. The maximum absolute atomic E-state index is 12.3. The van der Waals surface area contributed by atoms with Crippen LogP contribution in [0.3, 0.4) is 0 Å². The fourth-order valence-corrected chi connectivity index (χ4v) is 3.42. The Hall–Kier alpha value is -2.14. The van der Waals surface area contributed by atoms with Gasteiger partial charge in [-0.3, -0.25) is 9.55 Å². The van der Waals surface area contributed by atoms with Gasteiger partial charge in [-0.25, -0.2) is 4.79 Å². The smallest absolute Gasteiger partial charge is 0.325 e. The van der Waals surface area contributed by atoms with Gasteiger partial charge in [0.1, 0.15) is 0 Å². The number of amides is 1. The van der Waals surface area contributed by atoms with Crippen molar-refractivity contribution >= 4 is 6.03 Å². The Kier molecular flexibility index (Phi) is 3.00. The van der Waals surface area contributed by atoms with E-state index in [9.17, 15) is 4.79 Å². The maximum Gasteiger partial charge on any atom is 0.325 e. The molecule has 0 aromatic carbocycles. The van der Waals surface area contributed by atoms with Crippen molar-refractivity contribution in [1.29, 1.82) is 0 Å². The summed E-state index contributed by atoms with van der Waals surface area (Å²) in [4.78, 5) is 16.6. The van der Waals surface area contributed by atoms with E-state index in [-0.39, 0.29) is 12.1 Å². The van der Waals surface area contributed by atoms with E-state index in [2.05, 4.69) is 15.6 Å². The average molecular weight is 282 g/mol. The molecule has 3 unspecified atom stereocenters. The number of pyridine rings is 1. The second kappa shape index (κ2) is 5.00. The molecule has 2 fully saturated rings. The number of hydrogen-bond acceptors (Lipinski definition) is 3. The van der Waals surface area contributed by atoms with E-state index in [1.54, 1.807) is 17.0 Å². The second-order valence-electron chi connectivity index (χ2n) is 5.86. The van der Waals surface area contributed by atoms with Crippen molar-refractivity contribution in [3.8, 4) is 11.3 Å².